The second kappa shape index (κ2) is 7.10. The van der Waals surface area contributed by atoms with E-state index in [1.54, 1.807) is 23.1 Å². The lowest BCUT2D eigenvalue weighted by Crippen LogP contribution is -2.25. The molecule has 1 aromatic heterocycles. The molecule has 0 radical (unpaired) electrons. The van der Waals surface area contributed by atoms with Crippen molar-refractivity contribution in [2.75, 3.05) is 5.75 Å². The molecule has 0 bridgehead atoms. The number of halogens is 2. The molecule has 0 fully saturated rings. The van der Waals surface area contributed by atoms with Gasteiger partial charge in [0.1, 0.15) is 0 Å². The molecular formula is C13H13Br2NS2. The van der Waals surface area contributed by atoms with Crippen LogP contribution in [0.1, 0.15) is 4.88 Å². The van der Waals surface area contributed by atoms with Gasteiger partial charge in [-0.05, 0) is 52.7 Å². The molecule has 96 valence electrons. The molecule has 1 heterocycles. The molecule has 0 saturated heterocycles. The smallest absolute Gasteiger partial charge is 0.0701 e. The van der Waals surface area contributed by atoms with Gasteiger partial charge in [-0.3, -0.25) is 0 Å². The maximum Gasteiger partial charge on any atom is 0.0701 e. The topological polar surface area (TPSA) is 26.0 Å². The number of hydrogen-bond donors (Lipinski definition) is 1. The van der Waals surface area contributed by atoms with Gasteiger partial charge < -0.3 is 5.73 Å². The van der Waals surface area contributed by atoms with Crippen molar-refractivity contribution in [3.8, 4) is 0 Å². The fourth-order valence-electron chi connectivity index (χ4n) is 1.54. The highest BCUT2D eigenvalue weighted by molar-refractivity contribution is 9.11. The predicted molar refractivity (Wildman–Crippen MR) is 88.6 cm³/mol. The molecule has 1 aromatic carbocycles. The van der Waals surface area contributed by atoms with Crippen LogP contribution in [0.25, 0.3) is 0 Å². The van der Waals surface area contributed by atoms with E-state index in [0.717, 1.165) is 16.6 Å². The molecule has 0 aliphatic heterocycles. The van der Waals surface area contributed by atoms with Crippen molar-refractivity contribution in [2.24, 2.45) is 5.73 Å². The highest BCUT2D eigenvalue weighted by atomic mass is 79.9. The van der Waals surface area contributed by atoms with Gasteiger partial charge >= 0.3 is 0 Å². The van der Waals surface area contributed by atoms with Crippen LogP contribution in [0, 0.1) is 0 Å². The molecule has 0 saturated carbocycles. The SMILES string of the molecule is NC(CSc1cccc(Br)c1)Cc1ccc(Br)s1. The number of rotatable bonds is 5. The zero-order chi connectivity index (χ0) is 13.0. The molecule has 0 spiro atoms. The van der Waals surface area contributed by atoms with E-state index in [2.05, 4.69) is 56.1 Å². The van der Waals surface area contributed by atoms with Crippen LogP contribution in [0.2, 0.25) is 0 Å². The number of hydrogen-bond acceptors (Lipinski definition) is 3. The number of benzene rings is 1. The van der Waals surface area contributed by atoms with Crippen LogP contribution in [-0.2, 0) is 6.42 Å². The summed E-state index contributed by atoms with van der Waals surface area (Å²) in [6.45, 7) is 0. The second-order valence-electron chi connectivity index (χ2n) is 3.94. The molecule has 1 nitrogen and oxygen atoms in total. The fraction of sp³-hybridized carbons (Fsp3) is 0.231. The molecule has 0 aliphatic carbocycles. The van der Waals surface area contributed by atoms with E-state index >= 15 is 0 Å². The first-order valence-electron chi connectivity index (χ1n) is 5.51. The van der Waals surface area contributed by atoms with Gasteiger partial charge in [-0.1, -0.05) is 22.0 Å². The van der Waals surface area contributed by atoms with Crippen molar-refractivity contribution < 1.29 is 0 Å². The Labute approximate surface area is 132 Å². The van der Waals surface area contributed by atoms with Crippen molar-refractivity contribution in [3.63, 3.8) is 0 Å². The van der Waals surface area contributed by atoms with Crippen LogP contribution >= 0.6 is 55.0 Å². The Morgan fingerprint density at radius 1 is 1.22 bits per heavy atom. The third-order valence-electron chi connectivity index (χ3n) is 2.35. The van der Waals surface area contributed by atoms with Crippen LogP contribution in [0.5, 0.6) is 0 Å². The molecule has 2 aromatic rings. The molecule has 1 atom stereocenters. The Hall–Kier alpha value is 0.190. The third-order valence-corrected chi connectivity index (χ3v) is 5.67. The van der Waals surface area contributed by atoms with Crippen molar-refractivity contribution in [2.45, 2.75) is 17.4 Å². The van der Waals surface area contributed by atoms with E-state index in [1.165, 1.54) is 13.6 Å². The zero-order valence-electron chi connectivity index (χ0n) is 9.61. The first kappa shape index (κ1) is 14.6. The minimum absolute atomic E-state index is 0.194. The van der Waals surface area contributed by atoms with Crippen molar-refractivity contribution in [1.82, 2.24) is 0 Å². The number of thioether (sulfide) groups is 1. The summed E-state index contributed by atoms with van der Waals surface area (Å²) in [6.07, 6.45) is 0.942. The third kappa shape index (κ3) is 4.70. The van der Waals surface area contributed by atoms with E-state index in [0.29, 0.717) is 0 Å². The molecule has 0 aliphatic rings. The van der Waals surface area contributed by atoms with Crippen LogP contribution in [-0.4, -0.2) is 11.8 Å². The average molecular weight is 407 g/mol. The Morgan fingerprint density at radius 3 is 2.72 bits per heavy atom. The highest BCUT2D eigenvalue weighted by Gasteiger charge is 2.07. The van der Waals surface area contributed by atoms with E-state index in [4.69, 9.17) is 5.73 Å². The van der Waals surface area contributed by atoms with Gasteiger partial charge in [0.2, 0.25) is 0 Å². The van der Waals surface area contributed by atoms with E-state index in [1.807, 2.05) is 12.1 Å². The average Bonchev–Trinajstić information content (AvgIpc) is 2.72. The standard InChI is InChI=1S/C13H13Br2NS2/c14-9-2-1-3-11(6-9)17-8-10(16)7-12-4-5-13(15)18-12/h1-6,10H,7-8,16H2. The Kier molecular flexibility index (Phi) is 5.76. The molecule has 1 unspecified atom stereocenters. The maximum absolute atomic E-state index is 6.16. The van der Waals surface area contributed by atoms with Gasteiger partial charge in [0, 0.05) is 26.0 Å². The van der Waals surface area contributed by atoms with Crippen LogP contribution < -0.4 is 5.73 Å². The molecule has 2 rings (SSSR count). The first-order valence-corrected chi connectivity index (χ1v) is 8.90. The van der Waals surface area contributed by atoms with Crippen molar-refractivity contribution in [3.05, 3.63) is 49.5 Å². The monoisotopic (exact) mass is 405 g/mol. The van der Waals surface area contributed by atoms with Gasteiger partial charge in [0.15, 0.2) is 0 Å². The Balaban J connectivity index is 1.83. The minimum atomic E-state index is 0.194. The lowest BCUT2D eigenvalue weighted by molar-refractivity contribution is 0.757. The summed E-state index contributed by atoms with van der Waals surface area (Å²) >= 11 is 10.5. The first-order chi connectivity index (χ1) is 8.63. The summed E-state index contributed by atoms with van der Waals surface area (Å²) < 4.78 is 2.28. The van der Waals surface area contributed by atoms with Crippen LogP contribution in [0.4, 0.5) is 0 Å². The van der Waals surface area contributed by atoms with Crippen LogP contribution in [0.15, 0.2) is 49.6 Å². The normalized spacial score (nSPS) is 12.6. The Morgan fingerprint density at radius 2 is 2.06 bits per heavy atom. The molecule has 18 heavy (non-hydrogen) atoms. The summed E-state index contributed by atoms with van der Waals surface area (Å²) in [5.41, 5.74) is 6.16. The molecule has 2 N–H and O–H groups in total. The van der Waals surface area contributed by atoms with E-state index < -0.39 is 0 Å². The predicted octanol–water partition coefficient (Wildman–Crippen LogP) is 4.94. The van der Waals surface area contributed by atoms with E-state index in [9.17, 15) is 0 Å². The van der Waals surface area contributed by atoms with E-state index in [-0.39, 0.29) is 6.04 Å². The van der Waals surface area contributed by atoms with Gasteiger partial charge in [-0.15, -0.1) is 23.1 Å². The lowest BCUT2D eigenvalue weighted by Gasteiger charge is -2.10. The second-order valence-corrected chi connectivity index (χ2v) is 8.50. The minimum Gasteiger partial charge on any atom is -0.327 e. The van der Waals surface area contributed by atoms with Gasteiger partial charge in [0.05, 0.1) is 3.79 Å². The Bertz CT molecular complexity index is 513. The number of nitrogens with two attached hydrogens (primary N) is 1. The molecular weight excluding hydrogens is 394 g/mol. The van der Waals surface area contributed by atoms with Crippen molar-refractivity contribution >= 4 is 55.0 Å². The van der Waals surface area contributed by atoms with Crippen molar-refractivity contribution in [1.29, 1.82) is 0 Å². The fourth-order valence-corrected chi connectivity index (χ4v) is 4.58. The summed E-state index contributed by atoms with van der Waals surface area (Å²) in [7, 11) is 0. The largest absolute Gasteiger partial charge is 0.327 e. The zero-order valence-corrected chi connectivity index (χ0v) is 14.4. The highest BCUT2D eigenvalue weighted by Crippen LogP contribution is 2.25. The number of thiophene rings is 1. The van der Waals surface area contributed by atoms with Gasteiger partial charge in [0.25, 0.3) is 0 Å². The lowest BCUT2D eigenvalue weighted by atomic mass is 10.2. The summed E-state index contributed by atoms with van der Waals surface area (Å²) in [4.78, 5) is 2.59. The van der Waals surface area contributed by atoms with Crippen LogP contribution in [0.3, 0.4) is 0 Å². The van der Waals surface area contributed by atoms with Gasteiger partial charge in [-0.2, -0.15) is 0 Å². The summed E-state index contributed by atoms with van der Waals surface area (Å²) in [5.74, 6) is 0.936. The summed E-state index contributed by atoms with van der Waals surface area (Å²) in [5, 5.41) is 0. The molecule has 5 heteroatoms. The summed E-state index contributed by atoms with van der Waals surface area (Å²) in [6, 6.07) is 12.7. The maximum atomic E-state index is 6.16. The van der Waals surface area contributed by atoms with Gasteiger partial charge in [-0.25, -0.2) is 0 Å². The quantitative estimate of drug-likeness (QED) is 0.712. The molecule has 0 amide bonds.